The summed E-state index contributed by atoms with van der Waals surface area (Å²) in [5, 5.41) is 2.72. The minimum atomic E-state index is -0.446. The van der Waals surface area contributed by atoms with Crippen LogP contribution in [0.25, 0.3) is 0 Å². The number of carbonyl (C=O) groups excluding carboxylic acids is 2. The van der Waals surface area contributed by atoms with E-state index < -0.39 is 5.91 Å². The fraction of sp³-hybridized carbons (Fsp3) is 0.235. The van der Waals surface area contributed by atoms with Gasteiger partial charge in [-0.05, 0) is 24.3 Å². The number of hydrogen-bond donors (Lipinski definition) is 1. The maximum absolute atomic E-state index is 12.4. The van der Waals surface area contributed by atoms with Crippen LogP contribution in [0.15, 0.2) is 36.4 Å². The molecule has 0 fully saturated rings. The molecular formula is C17H18N2O4. The molecule has 1 heterocycles. The van der Waals surface area contributed by atoms with Gasteiger partial charge in [0.15, 0.2) is 5.78 Å². The lowest BCUT2D eigenvalue weighted by atomic mass is 10.2. The standard InChI is InChI=1S/C17H18N2O4/c1-4-13(20)11-7-5-8-12(18-11)17(21)19-16-14(22-2)9-6-10-15(16)23-3/h5-10H,4H2,1-3H3,(H,19,21). The van der Waals surface area contributed by atoms with Crippen molar-refractivity contribution in [1.82, 2.24) is 4.98 Å². The van der Waals surface area contributed by atoms with Crippen molar-refractivity contribution in [3.8, 4) is 11.5 Å². The highest BCUT2D eigenvalue weighted by Gasteiger charge is 2.16. The van der Waals surface area contributed by atoms with Gasteiger partial charge >= 0.3 is 0 Å². The number of nitrogens with zero attached hydrogens (tertiary/aromatic N) is 1. The number of amides is 1. The van der Waals surface area contributed by atoms with Crippen molar-refractivity contribution in [1.29, 1.82) is 0 Å². The van der Waals surface area contributed by atoms with Gasteiger partial charge in [0.1, 0.15) is 28.6 Å². The monoisotopic (exact) mass is 314 g/mol. The van der Waals surface area contributed by atoms with Gasteiger partial charge in [-0.3, -0.25) is 9.59 Å². The lowest BCUT2D eigenvalue weighted by Gasteiger charge is -2.13. The Labute approximate surface area is 134 Å². The molecule has 0 aliphatic rings. The van der Waals surface area contributed by atoms with Gasteiger partial charge in [0.25, 0.3) is 5.91 Å². The third kappa shape index (κ3) is 3.66. The third-order valence-corrected chi connectivity index (χ3v) is 3.25. The molecule has 0 unspecified atom stereocenters. The number of methoxy groups -OCH3 is 2. The van der Waals surface area contributed by atoms with Crippen LogP contribution in [0, 0.1) is 0 Å². The minimum absolute atomic E-state index is 0.116. The van der Waals surface area contributed by atoms with Crippen LogP contribution < -0.4 is 14.8 Å². The summed E-state index contributed by atoms with van der Waals surface area (Å²) in [5.41, 5.74) is 0.834. The summed E-state index contributed by atoms with van der Waals surface area (Å²) >= 11 is 0. The van der Waals surface area contributed by atoms with E-state index in [2.05, 4.69) is 10.3 Å². The minimum Gasteiger partial charge on any atom is -0.494 e. The number of hydrogen-bond acceptors (Lipinski definition) is 5. The molecule has 2 aromatic rings. The summed E-state index contributed by atoms with van der Waals surface area (Å²) in [6.45, 7) is 1.75. The molecule has 0 saturated heterocycles. The molecule has 0 aliphatic heterocycles. The molecular weight excluding hydrogens is 296 g/mol. The van der Waals surface area contributed by atoms with E-state index >= 15 is 0 Å². The largest absolute Gasteiger partial charge is 0.494 e. The van der Waals surface area contributed by atoms with Gasteiger partial charge in [0.2, 0.25) is 0 Å². The molecule has 0 atom stereocenters. The molecule has 1 aromatic carbocycles. The maximum Gasteiger partial charge on any atom is 0.274 e. The lowest BCUT2D eigenvalue weighted by Crippen LogP contribution is -2.16. The maximum atomic E-state index is 12.4. The van der Waals surface area contributed by atoms with Crippen molar-refractivity contribution < 1.29 is 19.1 Å². The van der Waals surface area contributed by atoms with Gasteiger partial charge in [0.05, 0.1) is 14.2 Å². The van der Waals surface area contributed by atoms with E-state index in [-0.39, 0.29) is 17.2 Å². The van der Waals surface area contributed by atoms with Crippen molar-refractivity contribution in [2.24, 2.45) is 0 Å². The predicted octanol–water partition coefficient (Wildman–Crippen LogP) is 2.94. The molecule has 120 valence electrons. The molecule has 6 nitrogen and oxygen atoms in total. The highest BCUT2D eigenvalue weighted by atomic mass is 16.5. The summed E-state index contributed by atoms with van der Waals surface area (Å²) < 4.78 is 10.5. The van der Waals surface area contributed by atoms with Crippen LogP contribution in [0.4, 0.5) is 5.69 Å². The zero-order valence-electron chi connectivity index (χ0n) is 13.3. The molecule has 0 bridgehead atoms. The van der Waals surface area contributed by atoms with Crippen molar-refractivity contribution in [2.45, 2.75) is 13.3 Å². The molecule has 1 amide bonds. The predicted molar refractivity (Wildman–Crippen MR) is 86.4 cm³/mol. The van der Waals surface area contributed by atoms with E-state index in [1.807, 2.05) is 0 Å². The first-order valence-corrected chi connectivity index (χ1v) is 7.13. The van der Waals surface area contributed by atoms with Crippen LogP contribution >= 0.6 is 0 Å². The van der Waals surface area contributed by atoms with Crippen LogP contribution in [0.5, 0.6) is 11.5 Å². The first-order valence-electron chi connectivity index (χ1n) is 7.13. The van der Waals surface area contributed by atoms with Crippen LogP contribution in [0.2, 0.25) is 0 Å². The molecule has 0 aliphatic carbocycles. The summed E-state index contributed by atoms with van der Waals surface area (Å²) in [4.78, 5) is 28.2. The number of anilines is 1. The van der Waals surface area contributed by atoms with Gasteiger partial charge < -0.3 is 14.8 Å². The van der Waals surface area contributed by atoms with Crippen LogP contribution in [-0.4, -0.2) is 30.9 Å². The Morgan fingerprint density at radius 2 is 1.57 bits per heavy atom. The Morgan fingerprint density at radius 1 is 1.00 bits per heavy atom. The van der Waals surface area contributed by atoms with Gasteiger partial charge in [-0.1, -0.05) is 19.1 Å². The summed E-state index contributed by atoms with van der Waals surface area (Å²) in [6, 6.07) is 9.94. The zero-order chi connectivity index (χ0) is 16.8. The van der Waals surface area contributed by atoms with Crippen LogP contribution in [0.3, 0.4) is 0 Å². The summed E-state index contributed by atoms with van der Waals surface area (Å²) in [6.07, 6.45) is 0.332. The van der Waals surface area contributed by atoms with Gasteiger partial charge in [-0.15, -0.1) is 0 Å². The number of ketones is 1. The molecule has 2 rings (SSSR count). The van der Waals surface area contributed by atoms with E-state index in [0.29, 0.717) is 23.6 Å². The van der Waals surface area contributed by atoms with E-state index in [1.165, 1.54) is 14.2 Å². The number of ether oxygens (including phenoxy) is 2. The number of Topliss-reactive ketones (excluding diaryl/α,β-unsaturated/α-hetero) is 1. The second-order valence-corrected chi connectivity index (χ2v) is 4.68. The van der Waals surface area contributed by atoms with Crippen molar-refractivity contribution >= 4 is 17.4 Å². The summed E-state index contributed by atoms with van der Waals surface area (Å²) in [5.74, 6) is 0.380. The second-order valence-electron chi connectivity index (χ2n) is 4.68. The molecule has 1 aromatic heterocycles. The molecule has 23 heavy (non-hydrogen) atoms. The van der Waals surface area contributed by atoms with Gasteiger partial charge in [-0.25, -0.2) is 4.98 Å². The van der Waals surface area contributed by atoms with Gasteiger partial charge in [-0.2, -0.15) is 0 Å². The number of pyridine rings is 1. The Hall–Kier alpha value is -2.89. The Bertz CT molecular complexity index is 706. The van der Waals surface area contributed by atoms with Crippen LogP contribution in [-0.2, 0) is 0 Å². The summed E-state index contributed by atoms with van der Waals surface area (Å²) in [7, 11) is 3.01. The van der Waals surface area contributed by atoms with Crippen molar-refractivity contribution in [3.05, 3.63) is 47.8 Å². The quantitative estimate of drug-likeness (QED) is 0.829. The number of para-hydroxylation sites is 1. The first kappa shape index (κ1) is 16.5. The Balaban J connectivity index is 2.31. The fourth-order valence-electron chi connectivity index (χ4n) is 2.05. The van der Waals surface area contributed by atoms with E-state index in [1.54, 1.807) is 43.3 Å². The van der Waals surface area contributed by atoms with Crippen molar-refractivity contribution in [2.75, 3.05) is 19.5 Å². The number of carbonyl (C=O) groups is 2. The zero-order valence-corrected chi connectivity index (χ0v) is 13.3. The van der Waals surface area contributed by atoms with Gasteiger partial charge in [0, 0.05) is 6.42 Å². The van der Waals surface area contributed by atoms with E-state index in [4.69, 9.17) is 9.47 Å². The molecule has 1 N–H and O–H groups in total. The van der Waals surface area contributed by atoms with E-state index in [0.717, 1.165) is 0 Å². The average molecular weight is 314 g/mol. The molecule has 0 radical (unpaired) electrons. The molecule has 0 saturated carbocycles. The average Bonchev–Trinajstić information content (AvgIpc) is 2.61. The number of aromatic nitrogens is 1. The highest BCUT2D eigenvalue weighted by molar-refractivity contribution is 6.05. The molecule has 0 spiro atoms. The number of nitrogens with one attached hydrogen (secondary N) is 1. The number of benzene rings is 1. The highest BCUT2D eigenvalue weighted by Crippen LogP contribution is 2.34. The smallest absolute Gasteiger partial charge is 0.274 e. The SMILES string of the molecule is CCC(=O)c1cccc(C(=O)Nc2c(OC)cccc2OC)n1. The Kier molecular flexibility index (Phi) is 5.30. The van der Waals surface area contributed by atoms with Crippen molar-refractivity contribution in [3.63, 3.8) is 0 Å². The second kappa shape index (κ2) is 7.40. The normalized spacial score (nSPS) is 10.0. The third-order valence-electron chi connectivity index (χ3n) is 3.25. The number of rotatable bonds is 6. The van der Waals surface area contributed by atoms with Crippen LogP contribution in [0.1, 0.15) is 34.3 Å². The Morgan fingerprint density at radius 3 is 2.13 bits per heavy atom. The topological polar surface area (TPSA) is 77.5 Å². The first-order chi connectivity index (χ1) is 11.1. The van der Waals surface area contributed by atoms with E-state index in [9.17, 15) is 9.59 Å². The molecule has 6 heteroatoms. The lowest BCUT2D eigenvalue weighted by molar-refractivity contribution is 0.0983. The fourth-order valence-corrected chi connectivity index (χ4v) is 2.05.